The molecule has 3 aromatic rings. The Kier molecular flexibility index (Phi) is 6.52. The number of amides is 1. The lowest BCUT2D eigenvalue weighted by atomic mass is 10.2. The third-order valence-corrected chi connectivity index (χ3v) is 4.95. The Hall–Kier alpha value is -2.50. The molecule has 0 radical (unpaired) electrons. The van der Waals surface area contributed by atoms with Gasteiger partial charge in [-0.2, -0.15) is 0 Å². The summed E-state index contributed by atoms with van der Waals surface area (Å²) >= 11 is 1.50. The van der Waals surface area contributed by atoms with Crippen LogP contribution in [0.1, 0.15) is 22.5 Å². The first-order valence-electron chi connectivity index (χ1n) is 8.74. The van der Waals surface area contributed by atoms with E-state index in [4.69, 9.17) is 0 Å². The van der Waals surface area contributed by atoms with Crippen LogP contribution in [0.4, 0.5) is 0 Å². The predicted molar refractivity (Wildman–Crippen MR) is 107 cm³/mol. The molecule has 1 heterocycles. The van der Waals surface area contributed by atoms with E-state index < -0.39 is 0 Å². The van der Waals surface area contributed by atoms with Crippen LogP contribution in [0, 0.1) is 0 Å². The molecule has 0 aliphatic heterocycles. The minimum absolute atomic E-state index is 0.103. The average molecular weight is 366 g/mol. The second-order valence-corrected chi connectivity index (χ2v) is 7.09. The molecule has 0 spiro atoms. The SMILES string of the molecule is CN(CCCNC(=O)c1csc(-c2ccccc2)n1)Cc1ccccc1. The Morgan fingerprint density at radius 1 is 1.08 bits per heavy atom. The van der Waals surface area contributed by atoms with E-state index in [0.29, 0.717) is 12.2 Å². The van der Waals surface area contributed by atoms with Crippen molar-refractivity contribution in [2.45, 2.75) is 13.0 Å². The fourth-order valence-corrected chi connectivity index (χ4v) is 3.51. The highest BCUT2D eigenvalue weighted by Crippen LogP contribution is 2.23. The standard InChI is InChI=1S/C21H23N3OS/c1-24(15-17-9-4-2-5-10-17)14-8-13-22-20(25)19-16-26-21(23-19)18-11-6-3-7-12-18/h2-7,9-12,16H,8,13-15H2,1H3,(H,22,25). The smallest absolute Gasteiger partial charge is 0.270 e. The average Bonchev–Trinajstić information content (AvgIpc) is 3.17. The van der Waals surface area contributed by atoms with Crippen molar-refractivity contribution in [2.24, 2.45) is 0 Å². The van der Waals surface area contributed by atoms with Crippen LogP contribution in [0.2, 0.25) is 0 Å². The molecule has 3 rings (SSSR count). The summed E-state index contributed by atoms with van der Waals surface area (Å²) in [6, 6.07) is 20.3. The van der Waals surface area contributed by atoms with E-state index in [1.165, 1.54) is 16.9 Å². The maximum atomic E-state index is 12.2. The Bertz CT molecular complexity index is 818. The second-order valence-electron chi connectivity index (χ2n) is 6.24. The summed E-state index contributed by atoms with van der Waals surface area (Å²) in [5.41, 5.74) is 2.83. The van der Waals surface area contributed by atoms with Crippen LogP contribution in [0.25, 0.3) is 10.6 Å². The molecule has 26 heavy (non-hydrogen) atoms. The van der Waals surface area contributed by atoms with Crippen molar-refractivity contribution in [3.05, 3.63) is 77.3 Å². The van der Waals surface area contributed by atoms with E-state index in [0.717, 1.165) is 30.1 Å². The van der Waals surface area contributed by atoms with Gasteiger partial charge in [-0.25, -0.2) is 4.98 Å². The summed E-state index contributed by atoms with van der Waals surface area (Å²) in [5, 5.41) is 5.65. The lowest BCUT2D eigenvalue weighted by molar-refractivity contribution is 0.0947. The lowest BCUT2D eigenvalue weighted by Crippen LogP contribution is -2.28. The quantitative estimate of drug-likeness (QED) is 0.612. The van der Waals surface area contributed by atoms with Gasteiger partial charge in [-0.3, -0.25) is 4.79 Å². The Morgan fingerprint density at radius 2 is 1.77 bits per heavy atom. The molecule has 2 aromatic carbocycles. The van der Waals surface area contributed by atoms with E-state index in [9.17, 15) is 4.79 Å². The van der Waals surface area contributed by atoms with Gasteiger partial charge < -0.3 is 10.2 Å². The first-order valence-corrected chi connectivity index (χ1v) is 9.62. The van der Waals surface area contributed by atoms with Crippen molar-refractivity contribution in [1.29, 1.82) is 0 Å². The van der Waals surface area contributed by atoms with Crippen LogP contribution in [0.5, 0.6) is 0 Å². The topological polar surface area (TPSA) is 45.2 Å². The van der Waals surface area contributed by atoms with Crippen LogP contribution in [-0.2, 0) is 6.54 Å². The van der Waals surface area contributed by atoms with E-state index in [-0.39, 0.29) is 5.91 Å². The van der Waals surface area contributed by atoms with Crippen molar-refractivity contribution in [3.8, 4) is 10.6 Å². The van der Waals surface area contributed by atoms with Gasteiger partial charge in [0.2, 0.25) is 0 Å². The number of carbonyl (C=O) groups is 1. The summed E-state index contributed by atoms with van der Waals surface area (Å²) in [5.74, 6) is -0.103. The van der Waals surface area contributed by atoms with Gasteiger partial charge in [0.15, 0.2) is 0 Å². The highest BCUT2D eigenvalue weighted by Gasteiger charge is 2.11. The first-order chi connectivity index (χ1) is 12.7. The normalized spacial score (nSPS) is 10.8. The van der Waals surface area contributed by atoms with E-state index in [2.05, 4.69) is 46.5 Å². The van der Waals surface area contributed by atoms with Gasteiger partial charge in [0.05, 0.1) is 0 Å². The number of thiazole rings is 1. The van der Waals surface area contributed by atoms with Crippen molar-refractivity contribution in [3.63, 3.8) is 0 Å². The van der Waals surface area contributed by atoms with Gasteiger partial charge in [-0.15, -0.1) is 11.3 Å². The zero-order chi connectivity index (χ0) is 18.2. The van der Waals surface area contributed by atoms with Gasteiger partial charge in [0.25, 0.3) is 5.91 Å². The van der Waals surface area contributed by atoms with Crippen molar-refractivity contribution < 1.29 is 4.79 Å². The molecule has 4 nitrogen and oxygen atoms in total. The molecule has 0 unspecified atom stereocenters. The minimum atomic E-state index is -0.103. The second kappa shape index (κ2) is 9.27. The Balaban J connectivity index is 1.41. The van der Waals surface area contributed by atoms with Crippen LogP contribution in [-0.4, -0.2) is 35.9 Å². The maximum absolute atomic E-state index is 12.2. The Labute approximate surface area is 158 Å². The van der Waals surface area contributed by atoms with Gasteiger partial charge in [-0.05, 0) is 25.6 Å². The highest BCUT2D eigenvalue weighted by molar-refractivity contribution is 7.13. The number of carbonyl (C=O) groups excluding carboxylic acids is 1. The summed E-state index contributed by atoms with van der Waals surface area (Å²) in [7, 11) is 2.10. The minimum Gasteiger partial charge on any atom is -0.351 e. The van der Waals surface area contributed by atoms with Crippen LogP contribution < -0.4 is 5.32 Å². The van der Waals surface area contributed by atoms with Gasteiger partial charge in [-0.1, -0.05) is 60.7 Å². The summed E-state index contributed by atoms with van der Waals surface area (Å²) < 4.78 is 0. The van der Waals surface area contributed by atoms with Crippen LogP contribution in [0.15, 0.2) is 66.0 Å². The molecule has 1 aromatic heterocycles. The molecule has 0 saturated heterocycles. The fraction of sp³-hybridized carbons (Fsp3) is 0.238. The van der Waals surface area contributed by atoms with Gasteiger partial charge >= 0.3 is 0 Å². The maximum Gasteiger partial charge on any atom is 0.270 e. The third-order valence-electron chi connectivity index (χ3n) is 4.06. The Morgan fingerprint density at radius 3 is 2.50 bits per heavy atom. The molecule has 0 atom stereocenters. The van der Waals surface area contributed by atoms with Gasteiger partial charge in [0.1, 0.15) is 10.7 Å². The number of aromatic nitrogens is 1. The van der Waals surface area contributed by atoms with E-state index in [1.807, 2.05) is 41.8 Å². The van der Waals surface area contributed by atoms with Crippen molar-refractivity contribution in [1.82, 2.24) is 15.2 Å². The first kappa shape index (κ1) is 18.3. The number of hydrogen-bond donors (Lipinski definition) is 1. The van der Waals surface area contributed by atoms with E-state index in [1.54, 1.807) is 0 Å². The predicted octanol–water partition coefficient (Wildman–Crippen LogP) is 4.06. The number of benzene rings is 2. The van der Waals surface area contributed by atoms with E-state index >= 15 is 0 Å². The molecular weight excluding hydrogens is 342 g/mol. The zero-order valence-electron chi connectivity index (χ0n) is 14.9. The van der Waals surface area contributed by atoms with Crippen molar-refractivity contribution in [2.75, 3.05) is 20.1 Å². The molecule has 0 saturated carbocycles. The molecule has 1 N–H and O–H groups in total. The summed E-state index contributed by atoms with van der Waals surface area (Å²) in [6.45, 7) is 2.50. The monoisotopic (exact) mass is 365 g/mol. The van der Waals surface area contributed by atoms with Crippen LogP contribution >= 0.6 is 11.3 Å². The summed E-state index contributed by atoms with van der Waals surface area (Å²) in [4.78, 5) is 19.0. The summed E-state index contributed by atoms with van der Waals surface area (Å²) in [6.07, 6.45) is 0.907. The highest BCUT2D eigenvalue weighted by atomic mass is 32.1. The lowest BCUT2D eigenvalue weighted by Gasteiger charge is -2.16. The van der Waals surface area contributed by atoms with Crippen LogP contribution in [0.3, 0.4) is 0 Å². The molecule has 0 bridgehead atoms. The number of rotatable bonds is 8. The molecule has 0 fully saturated rings. The largest absolute Gasteiger partial charge is 0.351 e. The molecule has 0 aliphatic carbocycles. The number of nitrogens with one attached hydrogen (secondary N) is 1. The van der Waals surface area contributed by atoms with Gasteiger partial charge in [0, 0.05) is 24.0 Å². The fourth-order valence-electron chi connectivity index (χ4n) is 2.71. The molecule has 0 aliphatic rings. The zero-order valence-corrected chi connectivity index (χ0v) is 15.7. The number of hydrogen-bond acceptors (Lipinski definition) is 4. The molecule has 134 valence electrons. The van der Waals surface area contributed by atoms with Crippen molar-refractivity contribution >= 4 is 17.2 Å². The third kappa shape index (κ3) is 5.25. The molecule has 1 amide bonds. The molecular formula is C21H23N3OS. The number of nitrogens with zero attached hydrogens (tertiary/aromatic N) is 2. The molecule has 5 heteroatoms.